The second-order valence-electron chi connectivity index (χ2n) is 6.08. The summed E-state index contributed by atoms with van der Waals surface area (Å²) >= 11 is 0. The Morgan fingerprint density at radius 2 is 2.33 bits per heavy atom. The molecule has 0 amide bonds. The second kappa shape index (κ2) is 5.04. The fraction of sp³-hybridized carbons (Fsp3) is 0.800. The quantitative estimate of drug-likeness (QED) is 0.867. The smallest absolute Gasteiger partial charge is 0.0556 e. The molecular formula is C15H25N3. The minimum atomic E-state index is 0.509. The Morgan fingerprint density at radius 3 is 2.94 bits per heavy atom. The van der Waals surface area contributed by atoms with Gasteiger partial charge in [0.15, 0.2) is 0 Å². The van der Waals surface area contributed by atoms with Crippen LogP contribution in [0.4, 0.5) is 0 Å². The van der Waals surface area contributed by atoms with Crippen LogP contribution in [0.5, 0.6) is 0 Å². The summed E-state index contributed by atoms with van der Waals surface area (Å²) < 4.78 is 2.20. The number of aryl methyl sites for hydroxylation is 1. The second-order valence-corrected chi connectivity index (χ2v) is 6.08. The number of rotatable bonds is 5. The maximum Gasteiger partial charge on any atom is 0.0556 e. The van der Waals surface area contributed by atoms with Crippen LogP contribution in [0.2, 0.25) is 0 Å². The topological polar surface area (TPSA) is 29.9 Å². The van der Waals surface area contributed by atoms with Gasteiger partial charge in [0.05, 0.1) is 11.7 Å². The molecule has 1 aromatic rings. The molecule has 0 aliphatic heterocycles. The number of nitrogens with one attached hydrogen (secondary N) is 1. The van der Waals surface area contributed by atoms with Crippen molar-refractivity contribution in [3.8, 4) is 0 Å². The summed E-state index contributed by atoms with van der Waals surface area (Å²) in [6, 6.07) is 2.72. The van der Waals surface area contributed by atoms with Gasteiger partial charge in [-0.25, -0.2) is 0 Å². The van der Waals surface area contributed by atoms with Gasteiger partial charge in [0.25, 0.3) is 0 Å². The van der Waals surface area contributed by atoms with Gasteiger partial charge in [0.2, 0.25) is 0 Å². The van der Waals surface area contributed by atoms with E-state index in [1.807, 2.05) is 6.20 Å². The molecule has 2 aliphatic carbocycles. The summed E-state index contributed by atoms with van der Waals surface area (Å²) in [7, 11) is 2.11. The normalized spacial score (nSPS) is 32.0. The van der Waals surface area contributed by atoms with Gasteiger partial charge in [-0.15, -0.1) is 0 Å². The van der Waals surface area contributed by atoms with E-state index in [1.54, 1.807) is 0 Å². The van der Waals surface area contributed by atoms with Crippen molar-refractivity contribution in [2.45, 2.75) is 51.6 Å². The molecule has 0 aromatic carbocycles. The first-order chi connectivity index (χ1) is 8.83. The molecule has 4 atom stereocenters. The van der Waals surface area contributed by atoms with Crippen molar-refractivity contribution in [3.63, 3.8) is 0 Å². The van der Waals surface area contributed by atoms with E-state index < -0.39 is 0 Å². The summed E-state index contributed by atoms with van der Waals surface area (Å²) in [5.41, 5.74) is 1.40. The molecule has 2 saturated carbocycles. The maximum absolute atomic E-state index is 4.48. The minimum Gasteiger partial charge on any atom is -0.311 e. The lowest BCUT2D eigenvalue weighted by Gasteiger charge is -2.30. The third-order valence-corrected chi connectivity index (χ3v) is 5.04. The fourth-order valence-corrected chi connectivity index (χ4v) is 4.29. The molecule has 3 rings (SSSR count). The van der Waals surface area contributed by atoms with Crippen LogP contribution >= 0.6 is 0 Å². The van der Waals surface area contributed by atoms with E-state index >= 15 is 0 Å². The lowest BCUT2D eigenvalue weighted by atomic mass is 9.82. The Morgan fingerprint density at radius 1 is 1.44 bits per heavy atom. The number of nitrogens with zero attached hydrogens (tertiary/aromatic N) is 2. The van der Waals surface area contributed by atoms with Gasteiger partial charge < -0.3 is 5.32 Å². The predicted octanol–water partition coefficient (Wildman–Crippen LogP) is 2.99. The van der Waals surface area contributed by atoms with Crippen LogP contribution in [-0.2, 0) is 6.54 Å². The molecule has 2 fully saturated rings. The van der Waals surface area contributed by atoms with Crippen molar-refractivity contribution in [2.24, 2.45) is 17.8 Å². The molecule has 1 N–H and O–H groups in total. The molecule has 18 heavy (non-hydrogen) atoms. The Bertz CT molecular complexity index is 398. The summed E-state index contributed by atoms with van der Waals surface area (Å²) in [4.78, 5) is 0. The third kappa shape index (κ3) is 1.99. The van der Waals surface area contributed by atoms with Crippen molar-refractivity contribution >= 4 is 0 Å². The highest BCUT2D eigenvalue weighted by Crippen LogP contribution is 2.52. The summed E-state index contributed by atoms with van der Waals surface area (Å²) in [6.07, 6.45) is 8.95. The highest BCUT2D eigenvalue weighted by atomic mass is 15.3. The van der Waals surface area contributed by atoms with Gasteiger partial charge in [0, 0.05) is 12.7 Å². The van der Waals surface area contributed by atoms with Gasteiger partial charge in [0.1, 0.15) is 0 Å². The van der Waals surface area contributed by atoms with E-state index in [9.17, 15) is 0 Å². The van der Waals surface area contributed by atoms with Gasteiger partial charge in [-0.3, -0.25) is 4.68 Å². The van der Waals surface area contributed by atoms with Crippen molar-refractivity contribution < 1.29 is 0 Å². The van der Waals surface area contributed by atoms with Crippen LogP contribution in [0.15, 0.2) is 12.3 Å². The van der Waals surface area contributed by atoms with Crippen LogP contribution in [0.25, 0.3) is 0 Å². The number of fused-ring (bicyclic) bond motifs is 2. The van der Waals surface area contributed by atoms with Crippen LogP contribution in [0.1, 0.15) is 50.8 Å². The van der Waals surface area contributed by atoms with Gasteiger partial charge in [-0.2, -0.15) is 5.10 Å². The Kier molecular flexibility index (Phi) is 3.42. The third-order valence-electron chi connectivity index (χ3n) is 5.04. The van der Waals surface area contributed by atoms with E-state index in [0.29, 0.717) is 6.04 Å². The van der Waals surface area contributed by atoms with Crippen molar-refractivity contribution in [3.05, 3.63) is 18.0 Å². The van der Waals surface area contributed by atoms with Gasteiger partial charge in [-0.05, 0) is 56.6 Å². The van der Waals surface area contributed by atoms with Crippen molar-refractivity contribution in [1.82, 2.24) is 15.1 Å². The number of aromatic nitrogens is 2. The Balaban J connectivity index is 1.81. The van der Waals surface area contributed by atoms with E-state index in [4.69, 9.17) is 0 Å². The number of hydrogen-bond acceptors (Lipinski definition) is 2. The molecule has 2 aliphatic rings. The predicted molar refractivity (Wildman–Crippen MR) is 73.3 cm³/mol. The molecular weight excluding hydrogens is 222 g/mol. The summed E-state index contributed by atoms with van der Waals surface area (Å²) in [6.45, 7) is 3.26. The van der Waals surface area contributed by atoms with Gasteiger partial charge >= 0.3 is 0 Å². The van der Waals surface area contributed by atoms with E-state index in [0.717, 1.165) is 30.7 Å². The summed E-state index contributed by atoms with van der Waals surface area (Å²) in [5, 5.41) is 8.05. The maximum atomic E-state index is 4.48. The number of hydrogen-bond donors (Lipinski definition) is 1. The molecule has 3 nitrogen and oxygen atoms in total. The minimum absolute atomic E-state index is 0.509. The average Bonchev–Trinajstić information content (AvgIpc) is 3.07. The first-order valence-corrected chi connectivity index (χ1v) is 7.52. The molecule has 2 bridgehead atoms. The average molecular weight is 247 g/mol. The fourth-order valence-electron chi connectivity index (χ4n) is 4.29. The highest BCUT2D eigenvalue weighted by molar-refractivity contribution is 5.11. The Labute approximate surface area is 110 Å². The van der Waals surface area contributed by atoms with E-state index in [1.165, 1.54) is 31.4 Å². The molecule has 0 radical (unpaired) electrons. The molecule has 100 valence electrons. The molecule has 1 heterocycles. The lowest BCUT2D eigenvalue weighted by molar-refractivity contribution is 0.249. The van der Waals surface area contributed by atoms with Crippen LogP contribution in [-0.4, -0.2) is 16.8 Å². The van der Waals surface area contributed by atoms with E-state index in [2.05, 4.69) is 35.1 Å². The zero-order chi connectivity index (χ0) is 12.5. The van der Waals surface area contributed by atoms with E-state index in [-0.39, 0.29) is 0 Å². The molecule has 1 aromatic heterocycles. The molecule has 0 saturated heterocycles. The van der Waals surface area contributed by atoms with Crippen LogP contribution in [0.3, 0.4) is 0 Å². The van der Waals surface area contributed by atoms with Crippen LogP contribution in [0, 0.1) is 17.8 Å². The largest absolute Gasteiger partial charge is 0.311 e. The SMILES string of the molecule is CCCn1nccc1C(NC)C1CC2CCC1C2. The highest BCUT2D eigenvalue weighted by Gasteiger charge is 2.43. The molecule has 0 spiro atoms. The first kappa shape index (κ1) is 12.2. The standard InChI is InChI=1S/C15H25N3/c1-3-8-18-14(6-7-17-18)15(16-2)13-10-11-4-5-12(13)9-11/h6-7,11-13,15-16H,3-5,8-10H2,1-2H3. The lowest BCUT2D eigenvalue weighted by Crippen LogP contribution is -2.31. The van der Waals surface area contributed by atoms with Gasteiger partial charge in [-0.1, -0.05) is 13.3 Å². The van der Waals surface area contributed by atoms with Crippen molar-refractivity contribution in [2.75, 3.05) is 7.05 Å². The zero-order valence-corrected chi connectivity index (χ0v) is 11.6. The Hall–Kier alpha value is -0.830. The molecule has 3 heteroatoms. The monoisotopic (exact) mass is 247 g/mol. The zero-order valence-electron chi connectivity index (χ0n) is 11.6. The van der Waals surface area contributed by atoms with Crippen molar-refractivity contribution in [1.29, 1.82) is 0 Å². The first-order valence-electron chi connectivity index (χ1n) is 7.52. The molecule has 4 unspecified atom stereocenters. The van der Waals surface area contributed by atoms with Crippen LogP contribution < -0.4 is 5.32 Å². The summed E-state index contributed by atoms with van der Waals surface area (Å²) in [5.74, 6) is 2.80.